The molecule has 8 heteroatoms. The molecule has 2 heterocycles. The summed E-state index contributed by atoms with van der Waals surface area (Å²) in [7, 11) is -1.63. The van der Waals surface area contributed by atoms with Crippen molar-refractivity contribution in [2.24, 2.45) is 0 Å². The second kappa shape index (κ2) is 9.02. The Bertz CT molecular complexity index is 1270. The zero-order valence-corrected chi connectivity index (χ0v) is 19.8. The van der Waals surface area contributed by atoms with Crippen LogP contribution in [-0.4, -0.2) is 41.5 Å². The maximum absolute atomic E-state index is 13.2. The number of aromatic nitrogens is 3. The molecule has 7 nitrogen and oxygen atoms in total. The number of ether oxygens (including phenoxy) is 1. The van der Waals surface area contributed by atoms with E-state index in [9.17, 15) is 13.2 Å². The molecule has 1 aliphatic carbocycles. The molecule has 1 saturated carbocycles. The van der Waals surface area contributed by atoms with Gasteiger partial charge in [0.1, 0.15) is 5.78 Å². The van der Waals surface area contributed by atoms with Gasteiger partial charge in [-0.2, -0.15) is 0 Å². The number of benzene rings is 1. The minimum atomic E-state index is -3.17. The van der Waals surface area contributed by atoms with Gasteiger partial charge in [-0.3, -0.25) is 14.8 Å². The van der Waals surface area contributed by atoms with Crippen molar-refractivity contribution < 1.29 is 17.9 Å². The number of sulfone groups is 1. The molecule has 0 N–H and O–H groups in total. The van der Waals surface area contributed by atoms with Crippen LogP contribution in [0.5, 0.6) is 5.88 Å². The number of carbonyl (C=O) groups is 1. The third-order valence-corrected chi connectivity index (χ3v) is 8.15. The monoisotopic (exact) mass is 465 g/mol. The Kier molecular flexibility index (Phi) is 6.30. The normalized spacial score (nSPS) is 14.2. The lowest BCUT2D eigenvalue weighted by molar-refractivity contribution is -0.122. The van der Waals surface area contributed by atoms with Crippen LogP contribution in [-0.2, 0) is 32.2 Å². The fourth-order valence-electron chi connectivity index (χ4n) is 3.59. The summed E-state index contributed by atoms with van der Waals surface area (Å²) >= 11 is 0. The largest absolute Gasteiger partial charge is 0.480 e. The summed E-state index contributed by atoms with van der Waals surface area (Å²) in [5, 5.41) is -0.233. The molecule has 172 valence electrons. The van der Waals surface area contributed by atoms with Gasteiger partial charge >= 0.3 is 0 Å². The molecule has 0 amide bonds. The number of rotatable bonds is 9. The minimum absolute atomic E-state index is 0.00567. The van der Waals surface area contributed by atoms with E-state index in [4.69, 9.17) is 4.74 Å². The molecule has 0 unspecified atom stereocenters. The van der Waals surface area contributed by atoms with Crippen molar-refractivity contribution in [1.29, 1.82) is 0 Å². The second-order valence-electron chi connectivity index (χ2n) is 8.89. The average Bonchev–Trinajstić information content (AvgIpc) is 3.66. The molecule has 1 aliphatic rings. The van der Waals surface area contributed by atoms with Crippen LogP contribution in [0, 0.1) is 0 Å². The molecule has 3 aromatic rings. The number of ketones is 1. The third-order valence-electron chi connectivity index (χ3n) is 5.96. The zero-order chi connectivity index (χ0) is 23.6. The van der Waals surface area contributed by atoms with E-state index in [1.165, 1.54) is 0 Å². The predicted octanol–water partition coefficient (Wildman–Crippen LogP) is 3.71. The van der Waals surface area contributed by atoms with Crippen LogP contribution in [0.2, 0.25) is 0 Å². The number of nitrogens with zero attached hydrogens (tertiary/aromatic N) is 3. The highest BCUT2D eigenvalue weighted by atomic mass is 32.2. The summed E-state index contributed by atoms with van der Waals surface area (Å²) in [6.45, 7) is 3.66. The van der Waals surface area contributed by atoms with Crippen LogP contribution in [0.4, 0.5) is 0 Å². The lowest BCUT2D eigenvalue weighted by atomic mass is 9.81. The van der Waals surface area contributed by atoms with Gasteiger partial charge in [-0.25, -0.2) is 13.4 Å². The van der Waals surface area contributed by atoms with E-state index >= 15 is 0 Å². The van der Waals surface area contributed by atoms with Gasteiger partial charge in [0.2, 0.25) is 5.88 Å². The maximum Gasteiger partial charge on any atom is 0.232 e. The lowest BCUT2D eigenvalue weighted by Gasteiger charge is -2.23. The van der Waals surface area contributed by atoms with Gasteiger partial charge in [0.15, 0.2) is 9.84 Å². The molecule has 1 fully saturated rings. The number of hydrogen-bond acceptors (Lipinski definition) is 7. The van der Waals surface area contributed by atoms with Gasteiger partial charge < -0.3 is 4.74 Å². The lowest BCUT2D eigenvalue weighted by Crippen LogP contribution is -2.32. The van der Waals surface area contributed by atoms with Gasteiger partial charge in [0, 0.05) is 12.0 Å². The van der Waals surface area contributed by atoms with Crippen molar-refractivity contribution in [3.8, 4) is 17.1 Å². The molecule has 0 bridgehead atoms. The topological polar surface area (TPSA) is 99.1 Å². The van der Waals surface area contributed by atoms with Crippen molar-refractivity contribution >= 4 is 15.6 Å². The first-order valence-corrected chi connectivity index (χ1v) is 12.6. The SMILES string of the molecule is COc1cncc(-c2ccc(CC(=O)C(C)(C)c3cccc(CS(=O)(=O)C4CC4)n3)cc2)n1. The number of carbonyl (C=O) groups excluding carboxylic acids is 1. The number of methoxy groups -OCH3 is 1. The molecule has 2 aromatic heterocycles. The summed E-state index contributed by atoms with van der Waals surface area (Å²) in [5.74, 6) is 0.365. The van der Waals surface area contributed by atoms with Gasteiger partial charge in [-0.1, -0.05) is 30.3 Å². The molecule has 0 saturated heterocycles. The molecule has 0 aliphatic heterocycles. The first-order chi connectivity index (χ1) is 15.7. The van der Waals surface area contributed by atoms with Crippen molar-refractivity contribution in [2.45, 2.75) is 49.5 Å². The maximum atomic E-state index is 13.2. The third kappa shape index (κ3) is 5.27. The van der Waals surface area contributed by atoms with Gasteiger partial charge in [0.25, 0.3) is 0 Å². The van der Waals surface area contributed by atoms with E-state index in [0.29, 0.717) is 23.0 Å². The molecular weight excluding hydrogens is 438 g/mol. The predicted molar refractivity (Wildman–Crippen MR) is 126 cm³/mol. The summed E-state index contributed by atoms with van der Waals surface area (Å²) in [4.78, 5) is 26.2. The number of Topliss-reactive ketones (excluding diaryl/α,β-unsaturated/α-hetero) is 1. The number of pyridine rings is 1. The first kappa shape index (κ1) is 23.0. The smallest absolute Gasteiger partial charge is 0.232 e. The Morgan fingerprint density at radius 3 is 2.45 bits per heavy atom. The highest BCUT2D eigenvalue weighted by molar-refractivity contribution is 7.91. The molecular formula is C25H27N3O4S. The van der Waals surface area contributed by atoms with Crippen molar-refractivity contribution in [3.63, 3.8) is 0 Å². The summed E-state index contributed by atoms with van der Waals surface area (Å²) in [6.07, 6.45) is 4.91. The van der Waals surface area contributed by atoms with E-state index < -0.39 is 15.3 Å². The van der Waals surface area contributed by atoms with Crippen molar-refractivity contribution in [1.82, 2.24) is 15.0 Å². The summed E-state index contributed by atoms with van der Waals surface area (Å²) < 4.78 is 29.8. The Morgan fingerprint density at radius 2 is 1.79 bits per heavy atom. The highest BCUT2D eigenvalue weighted by Crippen LogP contribution is 2.31. The summed E-state index contributed by atoms with van der Waals surface area (Å²) in [5.41, 5.74) is 2.66. The van der Waals surface area contributed by atoms with E-state index in [2.05, 4.69) is 15.0 Å². The fourth-order valence-corrected chi connectivity index (χ4v) is 5.25. The minimum Gasteiger partial charge on any atom is -0.480 e. The van der Waals surface area contributed by atoms with Crippen molar-refractivity contribution in [2.75, 3.05) is 7.11 Å². The molecule has 33 heavy (non-hydrogen) atoms. The van der Waals surface area contributed by atoms with Crippen LogP contribution < -0.4 is 4.74 Å². The van der Waals surface area contributed by atoms with E-state index in [1.54, 1.807) is 37.7 Å². The molecule has 4 rings (SSSR count). The van der Waals surface area contributed by atoms with Crippen LogP contribution >= 0.6 is 0 Å². The summed E-state index contributed by atoms with van der Waals surface area (Å²) in [6, 6.07) is 12.9. The van der Waals surface area contributed by atoms with Crippen LogP contribution in [0.25, 0.3) is 11.3 Å². The Hall–Kier alpha value is -3.13. The Balaban J connectivity index is 1.48. The highest BCUT2D eigenvalue weighted by Gasteiger charge is 2.36. The van der Waals surface area contributed by atoms with Crippen LogP contribution in [0.3, 0.4) is 0 Å². The molecule has 1 aromatic carbocycles. The zero-order valence-electron chi connectivity index (χ0n) is 19.0. The standard InChI is InChI=1S/C25H27N3O4S/c1-25(2,22-6-4-5-19(27-22)16-33(30,31)20-11-12-20)23(29)13-17-7-9-18(10-8-17)21-14-26-15-24(28-21)32-3/h4-10,14-15,20H,11-13,16H2,1-3H3. The quantitative estimate of drug-likeness (QED) is 0.475. The Labute approximate surface area is 194 Å². The number of hydrogen-bond donors (Lipinski definition) is 0. The van der Waals surface area contributed by atoms with E-state index in [-0.39, 0.29) is 23.2 Å². The van der Waals surface area contributed by atoms with Gasteiger partial charge in [-0.15, -0.1) is 0 Å². The Morgan fingerprint density at radius 1 is 1.06 bits per heavy atom. The van der Waals surface area contributed by atoms with Crippen LogP contribution in [0.1, 0.15) is 43.6 Å². The van der Waals surface area contributed by atoms with E-state index in [0.717, 1.165) is 24.0 Å². The van der Waals surface area contributed by atoms with Gasteiger partial charge in [0.05, 0.1) is 53.0 Å². The molecule has 0 spiro atoms. The fraction of sp³-hybridized carbons (Fsp3) is 0.360. The average molecular weight is 466 g/mol. The van der Waals surface area contributed by atoms with Crippen LogP contribution in [0.15, 0.2) is 54.9 Å². The first-order valence-electron chi connectivity index (χ1n) is 10.9. The van der Waals surface area contributed by atoms with Gasteiger partial charge in [-0.05, 0) is 44.4 Å². The van der Waals surface area contributed by atoms with E-state index in [1.807, 2.05) is 38.1 Å². The molecule has 0 radical (unpaired) electrons. The van der Waals surface area contributed by atoms with Crippen molar-refractivity contribution in [3.05, 3.63) is 71.8 Å². The molecule has 0 atom stereocenters. The second-order valence-corrected chi connectivity index (χ2v) is 11.2.